The van der Waals surface area contributed by atoms with Crippen LogP contribution in [0.5, 0.6) is 0 Å². The molecule has 0 radical (unpaired) electrons. The lowest BCUT2D eigenvalue weighted by atomic mass is 10.0. The molecule has 2 nitrogen and oxygen atoms in total. The van der Waals surface area contributed by atoms with Gasteiger partial charge in [0.1, 0.15) is 0 Å². The first-order valence-electron chi connectivity index (χ1n) is 6.60. The lowest BCUT2D eigenvalue weighted by Gasteiger charge is -2.19. The van der Waals surface area contributed by atoms with Crippen molar-refractivity contribution < 1.29 is 4.79 Å². The number of benzene rings is 1. The summed E-state index contributed by atoms with van der Waals surface area (Å²) >= 11 is 3.47. The summed E-state index contributed by atoms with van der Waals surface area (Å²) < 4.78 is 0. The van der Waals surface area contributed by atoms with Crippen LogP contribution in [0.2, 0.25) is 0 Å². The highest BCUT2D eigenvalue weighted by Crippen LogP contribution is 2.17. The zero-order chi connectivity index (χ0) is 13.4. The van der Waals surface area contributed by atoms with Gasteiger partial charge < -0.3 is 5.32 Å². The number of rotatable bonds is 7. The summed E-state index contributed by atoms with van der Waals surface area (Å²) in [6, 6.07) is 10.1. The minimum Gasteiger partial charge on any atom is -0.348 e. The van der Waals surface area contributed by atoms with Gasteiger partial charge in [-0.25, -0.2) is 0 Å². The molecule has 100 valence electrons. The fourth-order valence-corrected chi connectivity index (χ4v) is 2.39. The number of alkyl halides is 1. The van der Waals surface area contributed by atoms with Gasteiger partial charge in [0.2, 0.25) is 5.91 Å². The summed E-state index contributed by atoms with van der Waals surface area (Å²) in [5, 5.41) is 3.85. The van der Waals surface area contributed by atoms with Gasteiger partial charge in [-0.3, -0.25) is 4.79 Å². The summed E-state index contributed by atoms with van der Waals surface area (Å²) in [5.41, 5.74) is 1.14. The molecule has 1 aromatic carbocycles. The monoisotopic (exact) mass is 311 g/mol. The molecule has 0 bridgehead atoms. The molecule has 2 atom stereocenters. The Hall–Kier alpha value is -0.830. The van der Waals surface area contributed by atoms with Crippen LogP contribution in [0.1, 0.15) is 44.7 Å². The first-order chi connectivity index (χ1) is 8.69. The fraction of sp³-hybridized carbons (Fsp3) is 0.533. The van der Waals surface area contributed by atoms with Gasteiger partial charge in [0.05, 0.1) is 6.04 Å². The second kappa shape index (κ2) is 8.30. The van der Waals surface area contributed by atoms with Crippen LogP contribution in [0.3, 0.4) is 0 Å². The lowest BCUT2D eigenvalue weighted by molar-refractivity contribution is -0.125. The van der Waals surface area contributed by atoms with Crippen molar-refractivity contribution in [3.63, 3.8) is 0 Å². The topological polar surface area (TPSA) is 29.1 Å². The van der Waals surface area contributed by atoms with Crippen LogP contribution in [0.25, 0.3) is 0 Å². The number of unbranched alkanes of at least 4 members (excludes halogenated alkanes) is 1. The number of carbonyl (C=O) groups is 1. The van der Waals surface area contributed by atoms with Crippen molar-refractivity contribution in [2.75, 3.05) is 5.33 Å². The van der Waals surface area contributed by atoms with Gasteiger partial charge in [-0.2, -0.15) is 0 Å². The summed E-state index contributed by atoms with van der Waals surface area (Å²) in [6.45, 7) is 4.15. The van der Waals surface area contributed by atoms with Crippen LogP contribution >= 0.6 is 15.9 Å². The van der Waals surface area contributed by atoms with Crippen molar-refractivity contribution >= 4 is 21.8 Å². The maximum Gasteiger partial charge on any atom is 0.223 e. The van der Waals surface area contributed by atoms with E-state index in [0.717, 1.165) is 30.2 Å². The molecule has 0 aliphatic heterocycles. The van der Waals surface area contributed by atoms with E-state index in [-0.39, 0.29) is 17.9 Å². The molecule has 1 N–H and O–H groups in total. The SMILES string of the molecule is CCCCC(C)C(=O)NC(CBr)c1ccccc1. The summed E-state index contributed by atoms with van der Waals surface area (Å²) in [7, 11) is 0. The Kier molecular flexibility index (Phi) is 7.02. The average molecular weight is 312 g/mol. The van der Waals surface area contributed by atoms with Crippen molar-refractivity contribution in [3.8, 4) is 0 Å². The Morgan fingerprint density at radius 1 is 1.33 bits per heavy atom. The molecular weight excluding hydrogens is 290 g/mol. The second-order valence-corrected chi connectivity index (χ2v) is 5.32. The predicted octanol–water partition coefficient (Wildman–Crippen LogP) is 4.07. The molecule has 1 aromatic rings. The molecule has 1 rings (SSSR count). The van der Waals surface area contributed by atoms with Crippen LogP contribution in [-0.2, 0) is 4.79 Å². The summed E-state index contributed by atoms with van der Waals surface area (Å²) in [6.07, 6.45) is 3.21. The lowest BCUT2D eigenvalue weighted by Crippen LogP contribution is -2.33. The Labute approximate surface area is 118 Å². The molecule has 0 aliphatic rings. The van der Waals surface area contributed by atoms with Gasteiger partial charge in [0.25, 0.3) is 0 Å². The van der Waals surface area contributed by atoms with E-state index in [1.54, 1.807) is 0 Å². The van der Waals surface area contributed by atoms with Crippen LogP contribution in [0.15, 0.2) is 30.3 Å². The number of halogens is 1. The second-order valence-electron chi connectivity index (χ2n) is 4.67. The third-order valence-corrected chi connectivity index (χ3v) is 3.76. The highest BCUT2D eigenvalue weighted by molar-refractivity contribution is 9.09. The molecule has 0 saturated heterocycles. The number of amides is 1. The van der Waals surface area contributed by atoms with E-state index in [9.17, 15) is 4.79 Å². The van der Waals surface area contributed by atoms with Gasteiger partial charge in [0.15, 0.2) is 0 Å². The maximum atomic E-state index is 12.1. The Bertz CT molecular complexity index is 353. The molecule has 0 saturated carbocycles. The van der Waals surface area contributed by atoms with E-state index in [1.165, 1.54) is 0 Å². The van der Waals surface area contributed by atoms with Crippen LogP contribution in [0, 0.1) is 5.92 Å². The number of hydrogen-bond donors (Lipinski definition) is 1. The van der Waals surface area contributed by atoms with E-state index in [2.05, 4.69) is 28.2 Å². The molecule has 0 aromatic heterocycles. The molecule has 0 spiro atoms. The Balaban J connectivity index is 2.56. The number of hydrogen-bond acceptors (Lipinski definition) is 1. The van der Waals surface area contributed by atoms with Gasteiger partial charge in [-0.15, -0.1) is 0 Å². The quantitative estimate of drug-likeness (QED) is 0.756. The van der Waals surface area contributed by atoms with Crippen LogP contribution < -0.4 is 5.32 Å². The Morgan fingerprint density at radius 3 is 2.56 bits per heavy atom. The smallest absolute Gasteiger partial charge is 0.223 e. The molecule has 18 heavy (non-hydrogen) atoms. The molecule has 3 heteroatoms. The first-order valence-corrected chi connectivity index (χ1v) is 7.72. The summed E-state index contributed by atoms with van der Waals surface area (Å²) in [4.78, 5) is 12.1. The Morgan fingerprint density at radius 2 is 2.00 bits per heavy atom. The van der Waals surface area contributed by atoms with Crippen LogP contribution in [0.4, 0.5) is 0 Å². The van der Waals surface area contributed by atoms with E-state index >= 15 is 0 Å². The van der Waals surface area contributed by atoms with Crippen LogP contribution in [-0.4, -0.2) is 11.2 Å². The standard InChI is InChI=1S/C15H22BrNO/c1-3-4-8-12(2)15(18)17-14(11-16)13-9-6-5-7-10-13/h5-7,9-10,12,14H,3-4,8,11H2,1-2H3,(H,17,18). The minimum atomic E-state index is 0.0581. The van der Waals surface area contributed by atoms with Crippen molar-refractivity contribution in [3.05, 3.63) is 35.9 Å². The molecule has 0 heterocycles. The van der Waals surface area contributed by atoms with E-state index in [4.69, 9.17) is 0 Å². The highest BCUT2D eigenvalue weighted by Gasteiger charge is 2.17. The third kappa shape index (κ3) is 4.81. The van der Waals surface area contributed by atoms with E-state index < -0.39 is 0 Å². The van der Waals surface area contributed by atoms with Gasteiger partial charge in [-0.05, 0) is 12.0 Å². The number of nitrogens with one attached hydrogen (secondary N) is 1. The predicted molar refractivity (Wildman–Crippen MR) is 79.8 cm³/mol. The van der Waals surface area contributed by atoms with Gasteiger partial charge in [-0.1, -0.05) is 73.0 Å². The molecule has 1 amide bonds. The van der Waals surface area contributed by atoms with Gasteiger partial charge >= 0.3 is 0 Å². The molecule has 0 aliphatic carbocycles. The average Bonchev–Trinajstić information content (AvgIpc) is 2.42. The molecular formula is C15H22BrNO. The molecule has 2 unspecified atom stereocenters. The fourth-order valence-electron chi connectivity index (χ4n) is 1.85. The van der Waals surface area contributed by atoms with E-state index in [0.29, 0.717) is 0 Å². The van der Waals surface area contributed by atoms with Crippen molar-refractivity contribution in [2.45, 2.75) is 39.2 Å². The van der Waals surface area contributed by atoms with Crippen molar-refractivity contribution in [1.82, 2.24) is 5.32 Å². The zero-order valence-electron chi connectivity index (χ0n) is 11.2. The van der Waals surface area contributed by atoms with Gasteiger partial charge in [0, 0.05) is 11.2 Å². The summed E-state index contributed by atoms with van der Waals surface area (Å²) in [5.74, 6) is 0.243. The normalized spacial score (nSPS) is 13.9. The van der Waals surface area contributed by atoms with Crippen molar-refractivity contribution in [2.24, 2.45) is 5.92 Å². The number of carbonyl (C=O) groups excluding carboxylic acids is 1. The highest BCUT2D eigenvalue weighted by atomic mass is 79.9. The zero-order valence-corrected chi connectivity index (χ0v) is 12.7. The van der Waals surface area contributed by atoms with E-state index in [1.807, 2.05) is 37.3 Å². The third-order valence-electron chi connectivity index (χ3n) is 3.11. The van der Waals surface area contributed by atoms with Crippen molar-refractivity contribution in [1.29, 1.82) is 0 Å². The minimum absolute atomic E-state index is 0.0581. The first kappa shape index (κ1) is 15.2. The molecule has 0 fully saturated rings. The maximum absolute atomic E-state index is 12.1. The largest absolute Gasteiger partial charge is 0.348 e.